The van der Waals surface area contributed by atoms with Crippen molar-refractivity contribution >= 4 is 5.78 Å². The van der Waals surface area contributed by atoms with Crippen LogP contribution in [0.1, 0.15) is 26.0 Å². The first-order valence-corrected chi connectivity index (χ1v) is 4.86. The van der Waals surface area contributed by atoms with Gasteiger partial charge in [0.2, 0.25) is 0 Å². The van der Waals surface area contributed by atoms with E-state index in [1.54, 1.807) is 6.20 Å². The van der Waals surface area contributed by atoms with Gasteiger partial charge in [-0.15, -0.1) is 0 Å². The third kappa shape index (κ3) is 2.80. The van der Waals surface area contributed by atoms with Crippen molar-refractivity contribution < 1.29 is 4.79 Å². The zero-order chi connectivity index (χ0) is 10.4. The first-order chi connectivity index (χ1) is 6.77. The van der Waals surface area contributed by atoms with Crippen LogP contribution in [0.4, 0.5) is 0 Å². The van der Waals surface area contributed by atoms with Crippen LogP contribution in [0.2, 0.25) is 0 Å². The molecule has 0 aliphatic carbocycles. The molecule has 74 valence electrons. The molecule has 1 aromatic rings. The van der Waals surface area contributed by atoms with Crippen molar-refractivity contribution in [3.05, 3.63) is 41.7 Å². The minimum atomic E-state index is 0.175. The summed E-state index contributed by atoms with van der Waals surface area (Å²) in [6.45, 7) is 3.89. The van der Waals surface area contributed by atoms with Gasteiger partial charge in [0, 0.05) is 11.9 Å². The lowest BCUT2D eigenvalue weighted by Crippen LogP contribution is -2.06. The summed E-state index contributed by atoms with van der Waals surface area (Å²) >= 11 is 0. The summed E-state index contributed by atoms with van der Waals surface area (Å²) in [5.74, 6) is 0.175. The highest BCUT2D eigenvalue weighted by Crippen LogP contribution is 2.06. The Kier molecular flexibility index (Phi) is 4.05. The molecule has 0 spiro atoms. The van der Waals surface area contributed by atoms with Crippen molar-refractivity contribution in [1.82, 2.24) is 4.98 Å². The summed E-state index contributed by atoms with van der Waals surface area (Å²) in [4.78, 5) is 15.8. The molecule has 2 nitrogen and oxygen atoms in total. The molecule has 0 atom stereocenters. The number of pyridine rings is 1. The quantitative estimate of drug-likeness (QED) is 0.681. The number of rotatable bonds is 4. The summed E-state index contributed by atoms with van der Waals surface area (Å²) in [6, 6.07) is 5.63. The van der Waals surface area contributed by atoms with E-state index in [1.807, 2.05) is 38.1 Å². The van der Waals surface area contributed by atoms with Gasteiger partial charge in [0.25, 0.3) is 0 Å². The number of hydrogen-bond acceptors (Lipinski definition) is 2. The molecule has 0 N–H and O–H groups in total. The lowest BCUT2D eigenvalue weighted by molar-refractivity contribution is -0.115. The normalized spacial score (nSPS) is 11.4. The molecule has 0 aliphatic heterocycles. The van der Waals surface area contributed by atoms with E-state index in [4.69, 9.17) is 0 Å². The molecule has 0 radical (unpaired) electrons. The summed E-state index contributed by atoms with van der Waals surface area (Å²) in [5, 5.41) is 0. The zero-order valence-corrected chi connectivity index (χ0v) is 8.66. The highest BCUT2D eigenvalue weighted by Gasteiger charge is 2.07. The average Bonchev–Trinajstić information content (AvgIpc) is 2.21. The third-order valence-electron chi connectivity index (χ3n) is 2.16. The average molecular weight is 189 g/mol. The fraction of sp³-hybridized carbons (Fsp3) is 0.333. The van der Waals surface area contributed by atoms with Crippen molar-refractivity contribution in [3.8, 4) is 0 Å². The predicted octanol–water partition coefficient (Wildman–Crippen LogP) is 2.55. The largest absolute Gasteiger partial charge is 0.294 e. The van der Waals surface area contributed by atoms with Crippen molar-refractivity contribution in [2.45, 2.75) is 26.7 Å². The Morgan fingerprint density at radius 3 is 2.79 bits per heavy atom. The molecule has 0 saturated heterocycles. The Morgan fingerprint density at radius 1 is 1.50 bits per heavy atom. The van der Waals surface area contributed by atoms with Gasteiger partial charge in [-0.3, -0.25) is 9.78 Å². The first-order valence-electron chi connectivity index (χ1n) is 4.86. The Morgan fingerprint density at radius 2 is 2.29 bits per heavy atom. The van der Waals surface area contributed by atoms with Gasteiger partial charge in [0.05, 0.1) is 6.42 Å². The predicted molar refractivity (Wildman–Crippen MR) is 57.0 cm³/mol. The van der Waals surface area contributed by atoms with E-state index in [-0.39, 0.29) is 5.78 Å². The molecule has 1 rings (SSSR count). The minimum absolute atomic E-state index is 0.175. The van der Waals surface area contributed by atoms with Crippen LogP contribution in [0.25, 0.3) is 0 Å². The van der Waals surface area contributed by atoms with Gasteiger partial charge in [0.15, 0.2) is 5.78 Å². The van der Waals surface area contributed by atoms with Gasteiger partial charge in [-0.2, -0.15) is 0 Å². The van der Waals surface area contributed by atoms with E-state index < -0.39 is 0 Å². The third-order valence-corrected chi connectivity index (χ3v) is 2.16. The Balaban J connectivity index is 2.66. The second-order valence-corrected chi connectivity index (χ2v) is 3.09. The molecule has 0 unspecified atom stereocenters. The van der Waals surface area contributed by atoms with Crippen LogP contribution in [0.5, 0.6) is 0 Å². The van der Waals surface area contributed by atoms with Gasteiger partial charge in [-0.05, 0) is 31.1 Å². The summed E-state index contributed by atoms with van der Waals surface area (Å²) in [7, 11) is 0. The van der Waals surface area contributed by atoms with Crippen LogP contribution in [-0.2, 0) is 11.2 Å². The number of hydrogen-bond donors (Lipinski definition) is 0. The summed E-state index contributed by atoms with van der Waals surface area (Å²) < 4.78 is 0. The lowest BCUT2D eigenvalue weighted by Gasteiger charge is -2.02. The number of aromatic nitrogens is 1. The molecule has 0 bridgehead atoms. The molecule has 0 aromatic carbocycles. The van der Waals surface area contributed by atoms with Gasteiger partial charge in [-0.25, -0.2) is 0 Å². The Bertz CT molecular complexity index is 327. The van der Waals surface area contributed by atoms with Crippen LogP contribution in [0.15, 0.2) is 36.0 Å². The van der Waals surface area contributed by atoms with Crippen molar-refractivity contribution in [1.29, 1.82) is 0 Å². The van der Waals surface area contributed by atoms with E-state index in [2.05, 4.69) is 4.98 Å². The van der Waals surface area contributed by atoms with E-state index in [0.717, 1.165) is 17.7 Å². The molecular formula is C12H15NO. The van der Waals surface area contributed by atoms with Gasteiger partial charge < -0.3 is 0 Å². The molecule has 0 saturated carbocycles. The summed E-state index contributed by atoms with van der Waals surface area (Å²) in [5.41, 5.74) is 1.72. The molecule has 1 heterocycles. The number of nitrogens with zero attached hydrogens (tertiary/aromatic N) is 1. The van der Waals surface area contributed by atoms with Crippen molar-refractivity contribution in [2.75, 3.05) is 0 Å². The lowest BCUT2D eigenvalue weighted by atomic mass is 10.0. The van der Waals surface area contributed by atoms with Crippen LogP contribution in [-0.4, -0.2) is 10.8 Å². The van der Waals surface area contributed by atoms with Crippen LogP contribution in [0, 0.1) is 0 Å². The van der Waals surface area contributed by atoms with E-state index in [9.17, 15) is 4.79 Å². The van der Waals surface area contributed by atoms with Crippen molar-refractivity contribution in [3.63, 3.8) is 0 Å². The topological polar surface area (TPSA) is 30.0 Å². The smallest absolute Gasteiger partial charge is 0.164 e. The van der Waals surface area contributed by atoms with E-state index >= 15 is 0 Å². The maximum Gasteiger partial charge on any atom is 0.164 e. The minimum Gasteiger partial charge on any atom is -0.294 e. The highest BCUT2D eigenvalue weighted by molar-refractivity contribution is 5.96. The molecule has 2 heteroatoms. The van der Waals surface area contributed by atoms with Gasteiger partial charge in [0.1, 0.15) is 0 Å². The monoisotopic (exact) mass is 189 g/mol. The number of Topliss-reactive ketones (excluding diaryl/α,β-unsaturated/α-hetero) is 1. The highest BCUT2D eigenvalue weighted by atomic mass is 16.1. The van der Waals surface area contributed by atoms with Crippen LogP contribution >= 0.6 is 0 Å². The second-order valence-electron chi connectivity index (χ2n) is 3.09. The standard InChI is InChI=1S/C12H15NO/c1-3-10(4-2)12(14)9-11-7-5-6-8-13-11/h3,5-8H,4,9H2,1-2H3/b10-3-. The zero-order valence-electron chi connectivity index (χ0n) is 8.66. The van der Waals surface area contributed by atoms with Gasteiger partial charge in [-0.1, -0.05) is 19.1 Å². The number of carbonyl (C=O) groups excluding carboxylic acids is 1. The molecule has 1 aromatic heterocycles. The number of allylic oxidation sites excluding steroid dienone is 2. The molecular weight excluding hydrogens is 174 g/mol. The van der Waals surface area contributed by atoms with Crippen molar-refractivity contribution in [2.24, 2.45) is 0 Å². The fourth-order valence-corrected chi connectivity index (χ4v) is 1.34. The molecule has 14 heavy (non-hydrogen) atoms. The number of carbonyl (C=O) groups is 1. The SMILES string of the molecule is C/C=C(/CC)C(=O)Cc1ccccn1. The fourth-order valence-electron chi connectivity index (χ4n) is 1.34. The van der Waals surface area contributed by atoms with Crippen LogP contribution in [0.3, 0.4) is 0 Å². The van der Waals surface area contributed by atoms with E-state index in [1.165, 1.54) is 0 Å². The van der Waals surface area contributed by atoms with E-state index in [0.29, 0.717) is 6.42 Å². The Hall–Kier alpha value is -1.44. The van der Waals surface area contributed by atoms with Gasteiger partial charge >= 0.3 is 0 Å². The first kappa shape index (κ1) is 10.6. The molecule has 0 fully saturated rings. The Labute approximate surface area is 84.7 Å². The number of ketones is 1. The van der Waals surface area contributed by atoms with Crippen LogP contribution < -0.4 is 0 Å². The maximum atomic E-state index is 11.7. The molecule has 0 amide bonds. The second kappa shape index (κ2) is 5.32. The molecule has 0 aliphatic rings. The summed E-state index contributed by atoms with van der Waals surface area (Å²) in [6.07, 6.45) is 4.80. The maximum absolute atomic E-state index is 11.7.